The first-order valence-corrected chi connectivity index (χ1v) is 11.8. The van der Waals surface area contributed by atoms with E-state index < -0.39 is 0 Å². The molecule has 24 heavy (non-hydrogen) atoms. The molecule has 136 valence electrons. The van der Waals surface area contributed by atoms with Crippen molar-refractivity contribution in [2.75, 3.05) is 0 Å². The van der Waals surface area contributed by atoms with Crippen LogP contribution in [0.4, 0.5) is 0 Å². The standard InChI is InChI=1S/C24H40/c1-2-7-11-23(22(10-6-1)21-8-4-3-5-9-21)24-15-18-12-19(16-24)14-20(13-18)17-24/h18-23H,1-17H2. The Hall–Kier alpha value is 0. The monoisotopic (exact) mass is 328 g/mol. The molecular formula is C24H40. The van der Waals surface area contributed by atoms with Gasteiger partial charge in [-0.3, -0.25) is 0 Å². The summed E-state index contributed by atoms with van der Waals surface area (Å²) in [6.07, 6.45) is 27.1. The highest BCUT2D eigenvalue weighted by molar-refractivity contribution is 5.05. The molecule has 6 fully saturated rings. The van der Waals surface area contributed by atoms with Gasteiger partial charge >= 0.3 is 0 Å². The molecule has 0 spiro atoms. The third-order valence-electron chi connectivity index (χ3n) is 9.45. The fraction of sp³-hybridized carbons (Fsp3) is 1.00. The van der Waals surface area contributed by atoms with Gasteiger partial charge in [-0.05, 0) is 92.3 Å². The molecule has 6 aliphatic rings. The summed E-state index contributed by atoms with van der Waals surface area (Å²) in [6, 6.07) is 0. The molecule has 0 nitrogen and oxygen atoms in total. The van der Waals surface area contributed by atoms with Gasteiger partial charge in [0.2, 0.25) is 0 Å². The third kappa shape index (κ3) is 2.88. The van der Waals surface area contributed by atoms with Crippen LogP contribution in [0.3, 0.4) is 0 Å². The molecule has 0 amide bonds. The van der Waals surface area contributed by atoms with Gasteiger partial charge in [0, 0.05) is 0 Å². The Morgan fingerprint density at radius 1 is 0.500 bits per heavy atom. The molecular weight excluding hydrogens is 288 g/mol. The largest absolute Gasteiger partial charge is 0.0533 e. The van der Waals surface area contributed by atoms with E-state index in [1.165, 1.54) is 12.8 Å². The molecule has 6 aliphatic carbocycles. The molecule has 0 saturated heterocycles. The predicted molar refractivity (Wildman–Crippen MR) is 102 cm³/mol. The minimum atomic E-state index is 0.828. The lowest BCUT2D eigenvalue weighted by molar-refractivity contribution is -0.115. The van der Waals surface area contributed by atoms with Gasteiger partial charge in [0.05, 0.1) is 0 Å². The summed E-state index contributed by atoms with van der Waals surface area (Å²) in [5.74, 6) is 6.82. The van der Waals surface area contributed by atoms with Crippen LogP contribution in [-0.2, 0) is 0 Å². The molecule has 6 saturated carbocycles. The highest BCUT2D eigenvalue weighted by Crippen LogP contribution is 2.65. The summed E-state index contributed by atoms with van der Waals surface area (Å²) in [4.78, 5) is 0. The van der Waals surface area contributed by atoms with E-state index in [2.05, 4.69) is 0 Å². The van der Waals surface area contributed by atoms with E-state index in [0.29, 0.717) is 0 Å². The lowest BCUT2D eigenvalue weighted by Gasteiger charge is -2.62. The van der Waals surface area contributed by atoms with Crippen molar-refractivity contribution in [3.63, 3.8) is 0 Å². The maximum atomic E-state index is 1.66. The Balaban J connectivity index is 1.43. The van der Waals surface area contributed by atoms with E-state index in [1.807, 2.05) is 0 Å². The Morgan fingerprint density at radius 3 is 1.62 bits per heavy atom. The van der Waals surface area contributed by atoms with Crippen molar-refractivity contribution >= 4 is 0 Å². The molecule has 0 aromatic carbocycles. The van der Waals surface area contributed by atoms with Crippen LogP contribution in [0, 0.1) is 40.9 Å². The minimum absolute atomic E-state index is 0.828. The van der Waals surface area contributed by atoms with Crippen molar-refractivity contribution in [1.82, 2.24) is 0 Å². The first-order valence-electron chi connectivity index (χ1n) is 11.8. The number of rotatable bonds is 2. The van der Waals surface area contributed by atoms with E-state index in [0.717, 1.165) is 40.9 Å². The summed E-state index contributed by atoms with van der Waals surface area (Å²) >= 11 is 0. The Labute approximate surface area is 150 Å². The predicted octanol–water partition coefficient (Wildman–Crippen LogP) is 7.37. The van der Waals surface area contributed by atoms with Crippen molar-refractivity contribution in [2.24, 2.45) is 40.9 Å². The van der Waals surface area contributed by atoms with Gasteiger partial charge in [-0.25, -0.2) is 0 Å². The second-order valence-electron chi connectivity index (χ2n) is 10.9. The maximum Gasteiger partial charge on any atom is -0.0259 e. The molecule has 0 aromatic heterocycles. The fourth-order valence-corrected chi connectivity index (χ4v) is 9.03. The van der Waals surface area contributed by atoms with Crippen molar-refractivity contribution < 1.29 is 0 Å². The Kier molecular flexibility index (Phi) is 4.47. The average molecular weight is 329 g/mol. The van der Waals surface area contributed by atoms with Crippen LogP contribution >= 0.6 is 0 Å². The normalized spacial score (nSPS) is 49.8. The van der Waals surface area contributed by atoms with Crippen LogP contribution in [-0.4, -0.2) is 0 Å². The van der Waals surface area contributed by atoms with Crippen molar-refractivity contribution in [3.05, 3.63) is 0 Å². The molecule has 0 heterocycles. The van der Waals surface area contributed by atoms with E-state index in [4.69, 9.17) is 0 Å². The highest BCUT2D eigenvalue weighted by Gasteiger charge is 2.55. The van der Waals surface area contributed by atoms with Gasteiger partial charge < -0.3 is 0 Å². The second-order valence-corrected chi connectivity index (χ2v) is 10.9. The molecule has 0 radical (unpaired) electrons. The van der Waals surface area contributed by atoms with E-state index >= 15 is 0 Å². The smallest absolute Gasteiger partial charge is 0.0259 e. The van der Waals surface area contributed by atoms with E-state index in [1.54, 1.807) is 96.3 Å². The fourth-order valence-electron chi connectivity index (χ4n) is 9.03. The molecule has 2 atom stereocenters. The summed E-state index contributed by atoms with van der Waals surface area (Å²) in [7, 11) is 0. The SMILES string of the molecule is C1CCC(C2CCCCCCC2C23CC4CC(CC(C4)C2)C3)CC1. The van der Waals surface area contributed by atoms with E-state index in [9.17, 15) is 0 Å². The van der Waals surface area contributed by atoms with Crippen LogP contribution < -0.4 is 0 Å². The van der Waals surface area contributed by atoms with Gasteiger partial charge in [-0.15, -0.1) is 0 Å². The zero-order chi connectivity index (χ0) is 16.0. The van der Waals surface area contributed by atoms with Crippen molar-refractivity contribution in [3.8, 4) is 0 Å². The number of hydrogen-bond donors (Lipinski definition) is 0. The quantitative estimate of drug-likeness (QED) is 0.496. The van der Waals surface area contributed by atoms with Crippen LogP contribution in [0.2, 0.25) is 0 Å². The Bertz CT molecular complexity index is 394. The van der Waals surface area contributed by atoms with Gasteiger partial charge in [-0.2, -0.15) is 0 Å². The first-order chi connectivity index (χ1) is 11.8. The highest BCUT2D eigenvalue weighted by atomic mass is 14.6. The van der Waals surface area contributed by atoms with Gasteiger partial charge in [0.15, 0.2) is 0 Å². The van der Waals surface area contributed by atoms with E-state index in [-0.39, 0.29) is 0 Å². The topological polar surface area (TPSA) is 0 Å². The first kappa shape index (κ1) is 16.2. The zero-order valence-corrected chi connectivity index (χ0v) is 16.0. The van der Waals surface area contributed by atoms with Crippen LogP contribution in [0.25, 0.3) is 0 Å². The molecule has 4 bridgehead atoms. The number of hydrogen-bond acceptors (Lipinski definition) is 0. The van der Waals surface area contributed by atoms with Crippen molar-refractivity contribution in [2.45, 2.75) is 109 Å². The molecule has 0 aliphatic heterocycles. The van der Waals surface area contributed by atoms with Crippen LogP contribution in [0.1, 0.15) is 109 Å². The lowest BCUT2D eigenvalue weighted by Crippen LogP contribution is -2.52. The molecule has 0 heteroatoms. The summed E-state index contributed by atoms with van der Waals surface area (Å²) in [6.45, 7) is 0. The molecule has 2 unspecified atom stereocenters. The minimum Gasteiger partial charge on any atom is -0.0533 e. The second kappa shape index (κ2) is 6.62. The molecule has 6 rings (SSSR count). The van der Waals surface area contributed by atoms with Crippen LogP contribution in [0.15, 0.2) is 0 Å². The summed E-state index contributed by atoms with van der Waals surface area (Å²) < 4.78 is 0. The summed E-state index contributed by atoms with van der Waals surface area (Å²) in [5, 5.41) is 0. The van der Waals surface area contributed by atoms with Gasteiger partial charge in [-0.1, -0.05) is 57.8 Å². The molecule has 0 aromatic rings. The third-order valence-corrected chi connectivity index (χ3v) is 9.45. The lowest BCUT2D eigenvalue weighted by atomic mass is 9.43. The summed E-state index contributed by atoms with van der Waals surface area (Å²) in [5.41, 5.74) is 0.828. The van der Waals surface area contributed by atoms with Gasteiger partial charge in [0.25, 0.3) is 0 Å². The molecule has 0 N–H and O–H groups in total. The average Bonchev–Trinajstić information content (AvgIpc) is 2.54. The maximum absolute atomic E-state index is 1.66. The zero-order valence-electron chi connectivity index (χ0n) is 16.0. The Morgan fingerprint density at radius 2 is 1.00 bits per heavy atom. The van der Waals surface area contributed by atoms with Crippen molar-refractivity contribution in [1.29, 1.82) is 0 Å². The van der Waals surface area contributed by atoms with Gasteiger partial charge in [0.1, 0.15) is 0 Å². The van der Waals surface area contributed by atoms with Crippen LogP contribution in [0.5, 0.6) is 0 Å².